The van der Waals surface area contributed by atoms with Gasteiger partial charge < -0.3 is 10.1 Å². The van der Waals surface area contributed by atoms with E-state index in [2.05, 4.69) is 5.32 Å². The number of anilines is 2. The summed E-state index contributed by atoms with van der Waals surface area (Å²) in [5.74, 6) is 0.0937. The molecule has 6 nitrogen and oxygen atoms in total. The fraction of sp³-hybridized carbons (Fsp3) is 0.278. The monoisotopic (exact) mass is 394 g/mol. The van der Waals surface area contributed by atoms with Crippen molar-refractivity contribution in [3.8, 4) is 5.75 Å². The van der Waals surface area contributed by atoms with Gasteiger partial charge in [-0.25, -0.2) is 8.42 Å². The van der Waals surface area contributed by atoms with Crippen molar-refractivity contribution in [2.75, 3.05) is 29.2 Å². The molecule has 140 valence electrons. The number of nitrogens with zero attached hydrogens (tertiary/aromatic N) is 1. The largest absolute Gasteiger partial charge is 0.497 e. The normalized spacial score (nSPS) is 12.3. The highest BCUT2D eigenvalue weighted by molar-refractivity contribution is 7.98. The molecular weight excluding hydrogens is 372 g/mol. The van der Waals surface area contributed by atoms with Crippen LogP contribution in [0.1, 0.15) is 6.92 Å². The van der Waals surface area contributed by atoms with Crippen molar-refractivity contribution in [1.82, 2.24) is 0 Å². The molecule has 1 atom stereocenters. The molecule has 26 heavy (non-hydrogen) atoms. The molecule has 1 amide bonds. The fourth-order valence-electron chi connectivity index (χ4n) is 2.54. The van der Waals surface area contributed by atoms with Gasteiger partial charge in [0.1, 0.15) is 11.8 Å². The average Bonchev–Trinajstić information content (AvgIpc) is 2.61. The summed E-state index contributed by atoms with van der Waals surface area (Å²) in [5.41, 5.74) is 1.02. The number of hydrogen-bond acceptors (Lipinski definition) is 5. The van der Waals surface area contributed by atoms with Gasteiger partial charge in [-0.1, -0.05) is 18.2 Å². The molecule has 2 aromatic carbocycles. The van der Waals surface area contributed by atoms with Crippen LogP contribution in [0.3, 0.4) is 0 Å². The number of nitrogens with one attached hydrogen (secondary N) is 1. The number of thioether (sulfide) groups is 1. The molecule has 0 unspecified atom stereocenters. The van der Waals surface area contributed by atoms with E-state index in [1.54, 1.807) is 37.3 Å². The fourth-order valence-corrected chi connectivity index (χ4v) is 4.26. The first-order chi connectivity index (χ1) is 12.3. The molecule has 0 heterocycles. The SMILES string of the molecule is COc1cccc(N([C@@H](C)C(=O)Nc2ccccc2SC)S(C)(=O)=O)c1. The number of rotatable bonds is 7. The van der Waals surface area contributed by atoms with Gasteiger partial charge in [0.15, 0.2) is 0 Å². The summed E-state index contributed by atoms with van der Waals surface area (Å²) in [6.45, 7) is 1.55. The zero-order valence-electron chi connectivity index (χ0n) is 15.1. The Labute approximate surface area is 158 Å². The van der Waals surface area contributed by atoms with E-state index in [1.165, 1.54) is 18.9 Å². The van der Waals surface area contributed by atoms with E-state index in [-0.39, 0.29) is 0 Å². The lowest BCUT2D eigenvalue weighted by Gasteiger charge is -2.28. The van der Waals surface area contributed by atoms with Gasteiger partial charge in [0.05, 0.1) is 24.7 Å². The highest BCUT2D eigenvalue weighted by atomic mass is 32.2. The summed E-state index contributed by atoms with van der Waals surface area (Å²) in [5, 5.41) is 2.82. The number of para-hydroxylation sites is 1. The highest BCUT2D eigenvalue weighted by Crippen LogP contribution is 2.27. The van der Waals surface area contributed by atoms with Gasteiger partial charge in [0, 0.05) is 11.0 Å². The first-order valence-electron chi connectivity index (χ1n) is 7.85. The van der Waals surface area contributed by atoms with Gasteiger partial charge in [-0.2, -0.15) is 0 Å². The van der Waals surface area contributed by atoms with Crippen LogP contribution in [0.5, 0.6) is 5.75 Å². The molecule has 0 fully saturated rings. The second kappa shape index (κ2) is 8.46. The van der Waals surface area contributed by atoms with Crippen LogP contribution in [0, 0.1) is 0 Å². The van der Waals surface area contributed by atoms with E-state index in [9.17, 15) is 13.2 Å². The lowest BCUT2D eigenvalue weighted by atomic mass is 10.2. The van der Waals surface area contributed by atoms with Crippen LogP contribution in [0.15, 0.2) is 53.4 Å². The molecule has 8 heteroatoms. The molecule has 0 saturated carbocycles. The number of benzene rings is 2. The van der Waals surface area contributed by atoms with Gasteiger partial charge in [-0.3, -0.25) is 9.10 Å². The predicted molar refractivity (Wildman–Crippen MR) is 107 cm³/mol. The number of amides is 1. The summed E-state index contributed by atoms with van der Waals surface area (Å²) >= 11 is 1.50. The van der Waals surface area contributed by atoms with E-state index >= 15 is 0 Å². The van der Waals surface area contributed by atoms with Crippen LogP contribution in [0.4, 0.5) is 11.4 Å². The molecule has 0 aliphatic rings. The number of ether oxygens (including phenoxy) is 1. The molecule has 0 aromatic heterocycles. The summed E-state index contributed by atoms with van der Waals surface area (Å²) < 4.78 is 31.0. The topological polar surface area (TPSA) is 75.7 Å². The van der Waals surface area contributed by atoms with Gasteiger partial charge in [-0.15, -0.1) is 11.8 Å². The second-order valence-corrected chi connectivity index (χ2v) is 8.33. The maximum Gasteiger partial charge on any atom is 0.248 e. The molecular formula is C18H22N2O4S2. The van der Waals surface area contributed by atoms with Crippen LogP contribution in [0.2, 0.25) is 0 Å². The minimum Gasteiger partial charge on any atom is -0.497 e. The van der Waals surface area contributed by atoms with Crippen LogP contribution in [-0.4, -0.2) is 40.0 Å². The third-order valence-electron chi connectivity index (χ3n) is 3.76. The number of carbonyl (C=O) groups excluding carboxylic acids is 1. The van der Waals surface area contributed by atoms with Crippen LogP contribution in [0.25, 0.3) is 0 Å². The standard InChI is InChI=1S/C18H22N2O4S2/c1-13(18(21)19-16-10-5-6-11-17(16)25-3)20(26(4,22)23)14-8-7-9-15(12-14)24-2/h5-13H,1-4H3,(H,19,21)/t13-/m0/s1. The third-order valence-corrected chi connectivity index (χ3v) is 5.80. The predicted octanol–water partition coefficient (Wildman–Crippen LogP) is 3.21. The number of hydrogen-bond donors (Lipinski definition) is 1. The van der Waals surface area contributed by atoms with Crippen molar-refractivity contribution < 1.29 is 17.9 Å². The maximum atomic E-state index is 12.7. The molecule has 0 aliphatic heterocycles. The zero-order valence-corrected chi connectivity index (χ0v) is 16.7. The Balaban J connectivity index is 2.34. The van der Waals surface area contributed by atoms with Crippen molar-refractivity contribution in [1.29, 1.82) is 0 Å². The van der Waals surface area contributed by atoms with Gasteiger partial charge in [0.2, 0.25) is 15.9 Å². The average molecular weight is 395 g/mol. The van der Waals surface area contributed by atoms with Crippen molar-refractivity contribution in [2.24, 2.45) is 0 Å². The second-order valence-electron chi connectivity index (χ2n) is 5.63. The zero-order chi connectivity index (χ0) is 19.3. The molecule has 0 aliphatic carbocycles. The molecule has 0 spiro atoms. The Bertz CT molecular complexity index is 884. The first kappa shape index (κ1) is 20.1. The molecule has 0 saturated heterocycles. The quantitative estimate of drug-likeness (QED) is 0.730. The van der Waals surface area contributed by atoms with E-state index in [0.29, 0.717) is 17.1 Å². The number of carbonyl (C=O) groups is 1. The Hall–Kier alpha value is -2.19. The Morgan fingerprint density at radius 2 is 1.88 bits per heavy atom. The van der Waals surface area contributed by atoms with Crippen molar-refractivity contribution >= 4 is 39.1 Å². The van der Waals surface area contributed by atoms with Crippen LogP contribution in [-0.2, 0) is 14.8 Å². The minimum absolute atomic E-state index is 0.368. The maximum absolute atomic E-state index is 12.7. The van der Waals surface area contributed by atoms with Crippen molar-refractivity contribution in [3.05, 3.63) is 48.5 Å². The Morgan fingerprint density at radius 3 is 2.50 bits per heavy atom. The molecule has 0 radical (unpaired) electrons. The van der Waals surface area contributed by atoms with Gasteiger partial charge >= 0.3 is 0 Å². The van der Waals surface area contributed by atoms with Gasteiger partial charge in [0.25, 0.3) is 0 Å². The Kier molecular flexibility index (Phi) is 6.55. The summed E-state index contributed by atoms with van der Waals surface area (Å²) in [6, 6.07) is 13.0. The third kappa shape index (κ3) is 4.70. The lowest BCUT2D eigenvalue weighted by Crippen LogP contribution is -2.45. The first-order valence-corrected chi connectivity index (χ1v) is 10.9. The highest BCUT2D eigenvalue weighted by Gasteiger charge is 2.29. The van der Waals surface area contributed by atoms with E-state index in [1.807, 2.05) is 24.5 Å². The number of sulfonamides is 1. The van der Waals surface area contributed by atoms with Gasteiger partial charge in [-0.05, 0) is 37.4 Å². The summed E-state index contributed by atoms with van der Waals surface area (Å²) in [4.78, 5) is 13.6. The van der Waals surface area contributed by atoms with Crippen LogP contribution >= 0.6 is 11.8 Å². The summed E-state index contributed by atoms with van der Waals surface area (Å²) in [6.07, 6.45) is 2.99. The van der Waals surface area contributed by atoms with E-state index < -0.39 is 22.0 Å². The minimum atomic E-state index is -3.68. The van der Waals surface area contributed by atoms with E-state index in [4.69, 9.17) is 4.74 Å². The Morgan fingerprint density at radius 1 is 1.19 bits per heavy atom. The van der Waals surface area contributed by atoms with Crippen molar-refractivity contribution in [3.63, 3.8) is 0 Å². The lowest BCUT2D eigenvalue weighted by molar-refractivity contribution is -0.116. The molecule has 1 N–H and O–H groups in total. The molecule has 2 rings (SSSR count). The molecule has 2 aromatic rings. The molecule has 0 bridgehead atoms. The smallest absolute Gasteiger partial charge is 0.248 e. The number of methoxy groups -OCH3 is 1. The van der Waals surface area contributed by atoms with E-state index in [0.717, 1.165) is 15.5 Å². The summed E-state index contributed by atoms with van der Waals surface area (Å²) in [7, 11) is -2.18. The van der Waals surface area contributed by atoms with Crippen LogP contribution < -0.4 is 14.4 Å². The van der Waals surface area contributed by atoms with Crippen molar-refractivity contribution in [2.45, 2.75) is 17.9 Å².